The highest BCUT2D eigenvalue weighted by Crippen LogP contribution is 2.30. The molecule has 0 saturated heterocycles. The number of benzene rings is 2. The molecule has 1 N–H and O–H groups in total. The van der Waals surface area contributed by atoms with Crippen LogP contribution in [-0.4, -0.2) is 25.1 Å². The van der Waals surface area contributed by atoms with Gasteiger partial charge in [0.15, 0.2) is 0 Å². The van der Waals surface area contributed by atoms with Gasteiger partial charge in [0.05, 0.1) is 5.56 Å². The Morgan fingerprint density at radius 2 is 1.68 bits per heavy atom. The highest BCUT2D eigenvalue weighted by molar-refractivity contribution is 5.95. The quantitative estimate of drug-likeness (QED) is 0.618. The van der Waals surface area contributed by atoms with E-state index in [1.165, 1.54) is 0 Å². The number of nitrogens with one attached hydrogen (secondary N) is 1. The molecule has 0 bridgehead atoms. The molecule has 3 rings (SSSR count). The van der Waals surface area contributed by atoms with Gasteiger partial charge in [0.1, 0.15) is 19.0 Å². The van der Waals surface area contributed by atoms with Crippen LogP contribution in [0.1, 0.15) is 28.8 Å². The number of aryl methyl sites for hydroxylation is 1. The summed E-state index contributed by atoms with van der Waals surface area (Å²) in [6.07, 6.45) is 1.92. The standard InChI is InChI=1S/C20H21NO4/c1-14-2-10-18(11-3-14)24-12-13-25-20(23)16-6-8-17(9-7-16)21-19(22)15-4-5-15/h2-3,6-11,15H,4-5,12-13H2,1H3,(H,21,22). The maximum Gasteiger partial charge on any atom is 0.338 e. The van der Waals surface area contributed by atoms with Crippen LogP contribution in [0.4, 0.5) is 5.69 Å². The van der Waals surface area contributed by atoms with Gasteiger partial charge < -0.3 is 14.8 Å². The zero-order valence-corrected chi connectivity index (χ0v) is 14.2. The van der Waals surface area contributed by atoms with Crippen molar-refractivity contribution in [2.24, 2.45) is 5.92 Å². The minimum absolute atomic E-state index is 0.0450. The molecule has 0 radical (unpaired) electrons. The van der Waals surface area contributed by atoms with E-state index in [-0.39, 0.29) is 18.4 Å². The lowest BCUT2D eigenvalue weighted by Gasteiger charge is -2.08. The van der Waals surface area contributed by atoms with Crippen LogP contribution in [0.25, 0.3) is 0 Å². The predicted octanol–water partition coefficient (Wildman–Crippen LogP) is 3.58. The Hall–Kier alpha value is -2.82. The second kappa shape index (κ2) is 7.83. The van der Waals surface area contributed by atoms with E-state index in [1.807, 2.05) is 31.2 Å². The molecule has 1 fully saturated rings. The molecule has 130 valence electrons. The Labute approximate surface area is 147 Å². The van der Waals surface area contributed by atoms with Gasteiger partial charge in [0.25, 0.3) is 0 Å². The van der Waals surface area contributed by atoms with Gasteiger partial charge in [-0.05, 0) is 56.2 Å². The lowest BCUT2D eigenvalue weighted by Crippen LogP contribution is -2.14. The fourth-order valence-electron chi connectivity index (χ4n) is 2.29. The molecule has 25 heavy (non-hydrogen) atoms. The average molecular weight is 339 g/mol. The third-order valence-corrected chi connectivity index (χ3v) is 3.94. The monoisotopic (exact) mass is 339 g/mol. The Morgan fingerprint density at radius 3 is 2.32 bits per heavy atom. The summed E-state index contributed by atoms with van der Waals surface area (Å²) >= 11 is 0. The van der Waals surface area contributed by atoms with Crippen LogP contribution in [-0.2, 0) is 9.53 Å². The number of anilines is 1. The van der Waals surface area contributed by atoms with E-state index in [0.29, 0.717) is 17.9 Å². The molecule has 0 aliphatic heterocycles. The summed E-state index contributed by atoms with van der Waals surface area (Å²) in [6.45, 7) is 2.48. The lowest BCUT2D eigenvalue weighted by molar-refractivity contribution is -0.117. The van der Waals surface area contributed by atoms with Crippen molar-refractivity contribution in [2.45, 2.75) is 19.8 Å². The van der Waals surface area contributed by atoms with Crippen LogP contribution in [0.2, 0.25) is 0 Å². The Bertz CT molecular complexity index is 733. The van der Waals surface area contributed by atoms with E-state index in [2.05, 4.69) is 5.32 Å². The highest BCUT2D eigenvalue weighted by atomic mass is 16.6. The smallest absolute Gasteiger partial charge is 0.338 e. The van der Waals surface area contributed by atoms with Crippen LogP contribution in [0.5, 0.6) is 5.75 Å². The van der Waals surface area contributed by atoms with E-state index in [0.717, 1.165) is 24.2 Å². The third-order valence-electron chi connectivity index (χ3n) is 3.94. The number of carbonyl (C=O) groups is 2. The summed E-state index contributed by atoms with van der Waals surface area (Å²) in [5.74, 6) is 0.534. The first-order chi connectivity index (χ1) is 12.1. The van der Waals surface area contributed by atoms with Crippen LogP contribution < -0.4 is 10.1 Å². The zero-order valence-electron chi connectivity index (χ0n) is 14.2. The molecule has 1 aliphatic carbocycles. The van der Waals surface area contributed by atoms with Crippen LogP contribution >= 0.6 is 0 Å². The maximum atomic E-state index is 12.0. The van der Waals surface area contributed by atoms with Gasteiger partial charge in [-0.15, -0.1) is 0 Å². The normalized spacial score (nSPS) is 13.2. The number of hydrogen-bond acceptors (Lipinski definition) is 4. The van der Waals surface area contributed by atoms with E-state index in [1.54, 1.807) is 24.3 Å². The minimum Gasteiger partial charge on any atom is -0.490 e. The second-order valence-corrected chi connectivity index (χ2v) is 6.14. The van der Waals surface area contributed by atoms with Crippen molar-refractivity contribution in [3.05, 3.63) is 59.7 Å². The molecule has 5 nitrogen and oxygen atoms in total. The van der Waals surface area contributed by atoms with E-state index in [9.17, 15) is 9.59 Å². The topological polar surface area (TPSA) is 64.6 Å². The number of ether oxygens (including phenoxy) is 2. The van der Waals surface area contributed by atoms with E-state index >= 15 is 0 Å². The fraction of sp³-hybridized carbons (Fsp3) is 0.300. The summed E-state index contributed by atoms with van der Waals surface area (Å²) in [6, 6.07) is 14.4. The molecule has 0 spiro atoms. The molecule has 0 atom stereocenters. The molecule has 1 amide bonds. The molecular formula is C20H21NO4. The third kappa shape index (κ3) is 5.08. The maximum absolute atomic E-state index is 12.0. The first-order valence-electron chi connectivity index (χ1n) is 8.39. The number of amides is 1. The van der Waals surface area contributed by atoms with Gasteiger partial charge in [0.2, 0.25) is 5.91 Å². The second-order valence-electron chi connectivity index (χ2n) is 6.14. The molecule has 0 aromatic heterocycles. The van der Waals surface area contributed by atoms with Gasteiger partial charge in [0, 0.05) is 11.6 Å². The van der Waals surface area contributed by atoms with Crippen molar-refractivity contribution >= 4 is 17.6 Å². The molecule has 1 saturated carbocycles. The SMILES string of the molecule is Cc1ccc(OCCOC(=O)c2ccc(NC(=O)C3CC3)cc2)cc1. The molecule has 2 aromatic rings. The Kier molecular flexibility index (Phi) is 5.33. The van der Waals surface area contributed by atoms with Crippen molar-refractivity contribution in [3.63, 3.8) is 0 Å². The van der Waals surface area contributed by atoms with Crippen molar-refractivity contribution in [1.29, 1.82) is 0 Å². The summed E-state index contributed by atoms with van der Waals surface area (Å²) in [5.41, 5.74) is 2.30. The van der Waals surface area contributed by atoms with Crippen molar-refractivity contribution < 1.29 is 19.1 Å². The first-order valence-corrected chi connectivity index (χ1v) is 8.39. The van der Waals surface area contributed by atoms with Crippen molar-refractivity contribution in [2.75, 3.05) is 18.5 Å². The Balaban J connectivity index is 1.41. The van der Waals surface area contributed by atoms with Crippen molar-refractivity contribution in [3.8, 4) is 5.75 Å². The van der Waals surface area contributed by atoms with Crippen LogP contribution in [0.3, 0.4) is 0 Å². The number of hydrogen-bond donors (Lipinski definition) is 1. The summed E-state index contributed by atoms with van der Waals surface area (Å²) in [7, 11) is 0. The summed E-state index contributed by atoms with van der Waals surface area (Å²) in [5, 5.41) is 2.83. The fourth-order valence-corrected chi connectivity index (χ4v) is 2.29. The minimum atomic E-state index is -0.410. The number of carbonyl (C=O) groups excluding carboxylic acids is 2. The van der Waals surface area contributed by atoms with E-state index in [4.69, 9.17) is 9.47 Å². The molecule has 5 heteroatoms. The van der Waals surface area contributed by atoms with Crippen LogP contribution in [0, 0.1) is 12.8 Å². The van der Waals surface area contributed by atoms with Gasteiger partial charge in [-0.25, -0.2) is 4.79 Å². The van der Waals surface area contributed by atoms with Gasteiger partial charge in [-0.1, -0.05) is 17.7 Å². The molecule has 1 aliphatic rings. The summed E-state index contributed by atoms with van der Waals surface area (Å²) in [4.78, 5) is 23.7. The Morgan fingerprint density at radius 1 is 1.00 bits per heavy atom. The first kappa shape index (κ1) is 17.0. The van der Waals surface area contributed by atoms with Crippen LogP contribution in [0.15, 0.2) is 48.5 Å². The lowest BCUT2D eigenvalue weighted by atomic mass is 10.2. The number of rotatable bonds is 7. The molecule has 0 unspecified atom stereocenters. The predicted molar refractivity (Wildman–Crippen MR) is 94.8 cm³/mol. The van der Waals surface area contributed by atoms with Gasteiger partial charge >= 0.3 is 5.97 Å². The van der Waals surface area contributed by atoms with Crippen molar-refractivity contribution in [1.82, 2.24) is 0 Å². The zero-order chi connectivity index (χ0) is 17.6. The molecule has 0 heterocycles. The van der Waals surface area contributed by atoms with Gasteiger partial charge in [-0.3, -0.25) is 4.79 Å². The molecule has 2 aromatic carbocycles. The molecular weight excluding hydrogens is 318 g/mol. The van der Waals surface area contributed by atoms with E-state index < -0.39 is 5.97 Å². The van der Waals surface area contributed by atoms with Gasteiger partial charge in [-0.2, -0.15) is 0 Å². The highest BCUT2D eigenvalue weighted by Gasteiger charge is 2.29. The average Bonchev–Trinajstić information content (AvgIpc) is 3.46. The number of esters is 1. The summed E-state index contributed by atoms with van der Waals surface area (Å²) < 4.78 is 10.7. The largest absolute Gasteiger partial charge is 0.490 e.